The predicted molar refractivity (Wildman–Crippen MR) is 95.5 cm³/mol. The minimum Gasteiger partial charge on any atom is -0.310 e. The van der Waals surface area contributed by atoms with E-state index in [1.54, 1.807) is 11.3 Å². The number of thiophene rings is 1. The molecule has 0 aliphatic carbocycles. The van der Waals surface area contributed by atoms with E-state index < -0.39 is 0 Å². The fraction of sp³-hybridized carbons (Fsp3) is 0.375. The third-order valence-electron chi connectivity index (χ3n) is 3.31. The average Bonchev–Trinajstić information content (AvgIpc) is 2.78. The van der Waals surface area contributed by atoms with E-state index in [-0.39, 0.29) is 0 Å². The van der Waals surface area contributed by atoms with Gasteiger partial charge in [0, 0.05) is 6.04 Å². The van der Waals surface area contributed by atoms with Gasteiger partial charge in [-0.3, -0.25) is 0 Å². The van der Waals surface area contributed by atoms with Crippen LogP contribution in [-0.4, -0.2) is 6.54 Å². The molecule has 0 aliphatic heterocycles. The summed E-state index contributed by atoms with van der Waals surface area (Å²) < 4.78 is 2.42. The van der Waals surface area contributed by atoms with Crippen LogP contribution < -0.4 is 5.32 Å². The van der Waals surface area contributed by atoms with E-state index in [0.29, 0.717) is 6.04 Å². The second-order valence-electron chi connectivity index (χ2n) is 4.77. The molecule has 1 atom stereocenters. The van der Waals surface area contributed by atoms with E-state index in [2.05, 4.69) is 80.5 Å². The first kappa shape index (κ1) is 16.2. The van der Waals surface area contributed by atoms with Gasteiger partial charge in [-0.1, -0.05) is 37.3 Å². The first-order valence-electron chi connectivity index (χ1n) is 6.92. The molecule has 1 unspecified atom stereocenters. The lowest BCUT2D eigenvalue weighted by molar-refractivity contribution is 0.498. The molecule has 1 aromatic carbocycles. The van der Waals surface area contributed by atoms with Crippen molar-refractivity contribution in [3.63, 3.8) is 0 Å². The normalized spacial score (nSPS) is 12.6. The van der Waals surface area contributed by atoms with Crippen LogP contribution in [0.15, 0.2) is 44.0 Å². The first-order valence-corrected chi connectivity index (χ1v) is 9.33. The second kappa shape index (κ2) is 8.32. The van der Waals surface area contributed by atoms with Crippen LogP contribution in [-0.2, 0) is 6.42 Å². The van der Waals surface area contributed by atoms with Crippen LogP contribution in [0.4, 0.5) is 0 Å². The van der Waals surface area contributed by atoms with E-state index in [1.807, 2.05) is 0 Å². The zero-order chi connectivity index (χ0) is 14.4. The lowest BCUT2D eigenvalue weighted by Gasteiger charge is -2.17. The molecule has 0 saturated heterocycles. The van der Waals surface area contributed by atoms with Crippen LogP contribution in [0.2, 0.25) is 0 Å². The Morgan fingerprint density at radius 1 is 1.20 bits per heavy atom. The minimum absolute atomic E-state index is 0.431. The van der Waals surface area contributed by atoms with E-state index in [0.717, 1.165) is 19.4 Å². The Hall–Kier alpha value is -0.160. The smallest absolute Gasteiger partial charge is 0.0758 e. The van der Waals surface area contributed by atoms with E-state index in [1.165, 1.54) is 25.1 Å². The summed E-state index contributed by atoms with van der Waals surface area (Å²) in [4.78, 5) is 0. The predicted octanol–water partition coefficient (Wildman–Crippen LogP) is 5.95. The molecular formula is C16H19Br2NS. The van der Waals surface area contributed by atoms with Gasteiger partial charge < -0.3 is 5.32 Å². The maximum absolute atomic E-state index is 3.67. The molecule has 2 rings (SSSR count). The summed E-state index contributed by atoms with van der Waals surface area (Å²) in [5.41, 5.74) is 2.80. The van der Waals surface area contributed by atoms with Crippen molar-refractivity contribution >= 4 is 43.2 Å². The number of rotatable bonds is 7. The Morgan fingerprint density at radius 2 is 1.95 bits per heavy atom. The summed E-state index contributed by atoms with van der Waals surface area (Å²) in [6.07, 6.45) is 3.50. The van der Waals surface area contributed by atoms with Crippen molar-refractivity contribution in [3.8, 4) is 0 Å². The van der Waals surface area contributed by atoms with Crippen molar-refractivity contribution < 1.29 is 0 Å². The molecule has 1 N–H and O–H groups in total. The number of benzene rings is 1. The zero-order valence-corrected chi connectivity index (χ0v) is 15.5. The van der Waals surface area contributed by atoms with Gasteiger partial charge in [0.1, 0.15) is 0 Å². The Bertz CT molecular complexity index is 525. The third-order valence-corrected chi connectivity index (χ3v) is 5.70. The summed E-state index contributed by atoms with van der Waals surface area (Å²) in [5, 5.41) is 3.60. The molecule has 0 saturated carbocycles. The highest BCUT2D eigenvalue weighted by atomic mass is 79.9. The first-order chi connectivity index (χ1) is 9.70. The van der Waals surface area contributed by atoms with Crippen LogP contribution in [0, 0.1) is 0 Å². The number of halogens is 2. The van der Waals surface area contributed by atoms with Crippen molar-refractivity contribution in [3.05, 3.63) is 55.1 Å². The average molecular weight is 417 g/mol. The molecule has 0 bridgehead atoms. The monoisotopic (exact) mass is 415 g/mol. The third kappa shape index (κ3) is 4.69. The maximum atomic E-state index is 3.67. The van der Waals surface area contributed by atoms with E-state index in [9.17, 15) is 0 Å². The van der Waals surface area contributed by atoms with Gasteiger partial charge in [0.2, 0.25) is 0 Å². The van der Waals surface area contributed by atoms with Crippen LogP contribution in [0.3, 0.4) is 0 Å². The van der Waals surface area contributed by atoms with Crippen LogP contribution in [0.5, 0.6) is 0 Å². The van der Waals surface area contributed by atoms with Gasteiger partial charge >= 0.3 is 0 Å². The number of nitrogens with one attached hydrogen (secondary N) is 1. The molecule has 1 nitrogen and oxygen atoms in total. The highest BCUT2D eigenvalue weighted by Gasteiger charge is 2.16. The van der Waals surface area contributed by atoms with Gasteiger partial charge in [-0.25, -0.2) is 0 Å². The van der Waals surface area contributed by atoms with Gasteiger partial charge in [-0.15, -0.1) is 11.3 Å². The molecule has 1 heterocycles. The lowest BCUT2D eigenvalue weighted by atomic mass is 10.0. The Labute approximate surface area is 142 Å². The Morgan fingerprint density at radius 3 is 2.55 bits per heavy atom. The molecule has 0 radical (unpaired) electrons. The second-order valence-corrected chi connectivity index (χ2v) is 8.52. The van der Waals surface area contributed by atoms with E-state index >= 15 is 0 Å². The standard InChI is InChI=1S/C16H19Br2NS/c1-2-19-14(13-11-15(17)20-16(13)18)10-6-9-12-7-4-3-5-8-12/h3-5,7-8,11,14,19H,2,6,9-10H2,1H3. The summed E-state index contributed by atoms with van der Waals surface area (Å²) in [6, 6.07) is 13.4. The molecular weight excluding hydrogens is 398 g/mol. The van der Waals surface area contributed by atoms with Crippen molar-refractivity contribution in [2.24, 2.45) is 0 Å². The molecule has 20 heavy (non-hydrogen) atoms. The van der Waals surface area contributed by atoms with Gasteiger partial charge in [0.25, 0.3) is 0 Å². The molecule has 0 fully saturated rings. The highest BCUT2D eigenvalue weighted by Crippen LogP contribution is 2.37. The van der Waals surface area contributed by atoms with Crippen molar-refractivity contribution in [1.82, 2.24) is 5.32 Å². The Balaban J connectivity index is 1.94. The topological polar surface area (TPSA) is 12.0 Å². The van der Waals surface area contributed by atoms with Gasteiger partial charge in [0.05, 0.1) is 7.57 Å². The van der Waals surface area contributed by atoms with Crippen LogP contribution >= 0.6 is 43.2 Å². The highest BCUT2D eigenvalue weighted by molar-refractivity contribution is 9.12. The molecule has 1 aromatic heterocycles. The fourth-order valence-corrected chi connectivity index (χ4v) is 5.33. The van der Waals surface area contributed by atoms with Crippen LogP contribution in [0.1, 0.15) is 36.9 Å². The summed E-state index contributed by atoms with van der Waals surface area (Å²) in [5.74, 6) is 0. The van der Waals surface area contributed by atoms with Gasteiger partial charge in [-0.2, -0.15) is 0 Å². The van der Waals surface area contributed by atoms with E-state index in [4.69, 9.17) is 0 Å². The van der Waals surface area contributed by atoms with Crippen molar-refractivity contribution in [1.29, 1.82) is 0 Å². The van der Waals surface area contributed by atoms with Gasteiger partial charge in [0.15, 0.2) is 0 Å². The fourth-order valence-electron chi connectivity index (χ4n) is 2.36. The summed E-state index contributed by atoms with van der Waals surface area (Å²) in [7, 11) is 0. The SMILES string of the molecule is CCNC(CCCc1ccccc1)c1cc(Br)sc1Br. The molecule has 0 spiro atoms. The summed E-state index contributed by atoms with van der Waals surface area (Å²) in [6.45, 7) is 3.16. The lowest BCUT2D eigenvalue weighted by Crippen LogP contribution is -2.20. The number of hydrogen-bond acceptors (Lipinski definition) is 2. The van der Waals surface area contributed by atoms with Crippen LogP contribution in [0.25, 0.3) is 0 Å². The molecule has 4 heteroatoms. The summed E-state index contributed by atoms with van der Waals surface area (Å²) >= 11 is 8.99. The number of aryl methyl sites for hydroxylation is 1. The van der Waals surface area contributed by atoms with Gasteiger partial charge in [-0.05, 0) is 74.9 Å². The maximum Gasteiger partial charge on any atom is 0.0758 e. The molecule has 2 aromatic rings. The minimum atomic E-state index is 0.431. The molecule has 0 aliphatic rings. The molecule has 0 amide bonds. The number of hydrogen-bond donors (Lipinski definition) is 1. The zero-order valence-electron chi connectivity index (χ0n) is 11.5. The quantitative estimate of drug-likeness (QED) is 0.588. The largest absolute Gasteiger partial charge is 0.310 e. The molecule has 108 valence electrons. The Kier molecular flexibility index (Phi) is 6.75. The van der Waals surface area contributed by atoms with Crippen molar-refractivity contribution in [2.75, 3.05) is 6.54 Å². The van der Waals surface area contributed by atoms with Crippen molar-refractivity contribution in [2.45, 2.75) is 32.2 Å².